The van der Waals surface area contributed by atoms with Crippen molar-refractivity contribution in [2.45, 2.75) is 26.3 Å². The van der Waals surface area contributed by atoms with Crippen molar-refractivity contribution < 1.29 is 4.79 Å². The van der Waals surface area contributed by atoms with Crippen LogP contribution in [0.15, 0.2) is 18.2 Å². The molecule has 0 bridgehead atoms. The maximum atomic E-state index is 12.6. The number of carbonyl (C=O) groups excluding carboxylic acids is 1. The summed E-state index contributed by atoms with van der Waals surface area (Å²) >= 11 is 0. The van der Waals surface area contributed by atoms with E-state index in [1.165, 1.54) is 17.5 Å². The maximum Gasteiger partial charge on any atom is 0.253 e. The molecule has 1 aromatic rings. The van der Waals surface area contributed by atoms with Gasteiger partial charge in [-0.1, -0.05) is 19.1 Å². The molecule has 1 N–H and O–H groups in total. The average Bonchev–Trinajstić information content (AvgIpc) is 3.12. The normalized spacial score (nSPS) is 24.7. The Bertz CT molecular complexity index is 498. The van der Waals surface area contributed by atoms with Gasteiger partial charge in [-0.2, -0.15) is 0 Å². The van der Waals surface area contributed by atoms with E-state index >= 15 is 0 Å². The van der Waals surface area contributed by atoms with Crippen LogP contribution in [0.5, 0.6) is 0 Å². The molecular weight excluding hydrogens is 236 g/mol. The van der Waals surface area contributed by atoms with Crippen LogP contribution in [0.3, 0.4) is 0 Å². The summed E-state index contributed by atoms with van der Waals surface area (Å²) in [5, 5.41) is 3.36. The molecule has 2 aliphatic rings. The molecule has 0 radical (unpaired) electrons. The first kappa shape index (κ1) is 12.7. The number of hydrogen-bond acceptors (Lipinski definition) is 2. The van der Waals surface area contributed by atoms with E-state index in [1.807, 2.05) is 24.1 Å². The van der Waals surface area contributed by atoms with E-state index in [2.05, 4.69) is 18.3 Å². The second-order valence-electron chi connectivity index (χ2n) is 6.03. The molecule has 1 heterocycles. The largest absolute Gasteiger partial charge is 0.341 e. The number of nitrogens with zero attached hydrogens (tertiary/aromatic N) is 1. The standard InChI is InChI=1S/C16H22N2O/c1-11-8-13(11)10-18(2)16(19)15-5-3-4-12-9-17-7-6-14(12)15/h3-5,11,13,17H,6-10H2,1-2H3. The molecule has 1 amide bonds. The van der Waals surface area contributed by atoms with Gasteiger partial charge < -0.3 is 10.2 Å². The Kier molecular flexibility index (Phi) is 3.31. The number of carbonyl (C=O) groups is 1. The molecule has 0 spiro atoms. The van der Waals surface area contributed by atoms with Crippen LogP contribution in [0.2, 0.25) is 0 Å². The van der Waals surface area contributed by atoms with Crippen molar-refractivity contribution in [3.63, 3.8) is 0 Å². The molecule has 2 atom stereocenters. The number of amides is 1. The summed E-state index contributed by atoms with van der Waals surface area (Å²) in [5.74, 6) is 1.71. The highest BCUT2D eigenvalue weighted by molar-refractivity contribution is 5.96. The minimum absolute atomic E-state index is 0.192. The lowest BCUT2D eigenvalue weighted by atomic mass is 9.95. The van der Waals surface area contributed by atoms with E-state index in [9.17, 15) is 4.79 Å². The smallest absolute Gasteiger partial charge is 0.253 e. The Morgan fingerprint density at radius 3 is 3.00 bits per heavy atom. The fourth-order valence-electron chi connectivity index (χ4n) is 3.03. The highest BCUT2D eigenvalue weighted by Crippen LogP contribution is 2.38. The molecule has 1 aliphatic heterocycles. The minimum Gasteiger partial charge on any atom is -0.341 e. The summed E-state index contributed by atoms with van der Waals surface area (Å²) in [5.41, 5.74) is 3.45. The van der Waals surface area contributed by atoms with Crippen molar-refractivity contribution in [1.29, 1.82) is 0 Å². The monoisotopic (exact) mass is 258 g/mol. The zero-order chi connectivity index (χ0) is 13.4. The second kappa shape index (κ2) is 4.97. The molecule has 102 valence electrons. The zero-order valence-corrected chi connectivity index (χ0v) is 11.8. The number of hydrogen-bond donors (Lipinski definition) is 1. The quantitative estimate of drug-likeness (QED) is 0.900. The molecule has 0 saturated heterocycles. The Hall–Kier alpha value is -1.35. The number of rotatable bonds is 3. The molecule has 3 nitrogen and oxygen atoms in total. The first-order valence-corrected chi connectivity index (χ1v) is 7.23. The van der Waals surface area contributed by atoms with Crippen LogP contribution in [-0.4, -0.2) is 30.9 Å². The maximum absolute atomic E-state index is 12.6. The van der Waals surface area contributed by atoms with Crippen molar-refractivity contribution in [3.8, 4) is 0 Å². The third kappa shape index (κ3) is 2.52. The van der Waals surface area contributed by atoms with Crippen molar-refractivity contribution >= 4 is 5.91 Å². The Labute approximate surface area is 115 Å². The van der Waals surface area contributed by atoms with Crippen LogP contribution in [0.1, 0.15) is 34.8 Å². The van der Waals surface area contributed by atoms with Gasteiger partial charge in [0.2, 0.25) is 0 Å². The minimum atomic E-state index is 0.192. The average molecular weight is 258 g/mol. The molecule has 1 aliphatic carbocycles. The van der Waals surface area contributed by atoms with E-state index in [0.717, 1.165) is 43.5 Å². The predicted molar refractivity (Wildman–Crippen MR) is 76.1 cm³/mol. The van der Waals surface area contributed by atoms with Crippen LogP contribution in [-0.2, 0) is 13.0 Å². The molecule has 1 aromatic carbocycles. The van der Waals surface area contributed by atoms with Gasteiger partial charge >= 0.3 is 0 Å². The predicted octanol–water partition coefficient (Wildman–Crippen LogP) is 2.06. The van der Waals surface area contributed by atoms with Crippen molar-refractivity contribution in [3.05, 3.63) is 34.9 Å². The third-order valence-electron chi connectivity index (χ3n) is 4.50. The van der Waals surface area contributed by atoms with Crippen LogP contribution >= 0.6 is 0 Å². The molecule has 0 aromatic heterocycles. The van der Waals surface area contributed by atoms with Gasteiger partial charge in [0.05, 0.1) is 0 Å². The Balaban J connectivity index is 1.79. The van der Waals surface area contributed by atoms with Gasteiger partial charge in [0.25, 0.3) is 5.91 Å². The highest BCUT2D eigenvalue weighted by Gasteiger charge is 2.34. The second-order valence-corrected chi connectivity index (χ2v) is 6.03. The van der Waals surface area contributed by atoms with Crippen LogP contribution in [0.4, 0.5) is 0 Å². The van der Waals surface area contributed by atoms with Gasteiger partial charge in [-0.05, 0) is 48.4 Å². The van der Waals surface area contributed by atoms with Gasteiger partial charge in [0, 0.05) is 25.7 Å². The molecule has 3 rings (SSSR count). The van der Waals surface area contributed by atoms with E-state index < -0.39 is 0 Å². The molecular formula is C16H22N2O. The summed E-state index contributed by atoms with van der Waals surface area (Å²) in [4.78, 5) is 14.5. The fraction of sp³-hybridized carbons (Fsp3) is 0.562. The van der Waals surface area contributed by atoms with E-state index in [0.29, 0.717) is 0 Å². The Morgan fingerprint density at radius 1 is 1.47 bits per heavy atom. The summed E-state index contributed by atoms with van der Waals surface area (Å²) < 4.78 is 0. The fourth-order valence-corrected chi connectivity index (χ4v) is 3.03. The van der Waals surface area contributed by atoms with Gasteiger partial charge in [0.15, 0.2) is 0 Å². The van der Waals surface area contributed by atoms with Gasteiger partial charge in [-0.25, -0.2) is 0 Å². The number of nitrogens with one attached hydrogen (secondary N) is 1. The molecule has 2 unspecified atom stereocenters. The highest BCUT2D eigenvalue weighted by atomic mass is 16.2. The summed E-state index contributed by atoms with van der Waals surface area (Å²) in [7, 11) is 1.94. The van der Waals surface area contributed by atoms with Gasteiger partial charge in [-0.3, -0.25) is 4.79 Å². The number of fused-ring (bicyclic) bond motifs is 1. The van der Waals surface area contributed by atoms with E-state index in [-0.39, 0.29) is 5.91 Å². The van der Waals surface area contributed by atoms with Crippen molar-refractivity contribution in [2.24, 2.45) is 11.8 Å². The van der Waals surface area contributed by atoms with Crippen molar-refractivity contribution in [1.82, 2.24) is 10.2 Å². The lowest BCUT2D eigenvalue weighted by Crippen LogP contribution is -2.32. The topological polar surface area (TPSA) is 32.3 Å². The summed E-state index contributed by atoms with van der Waals surface area (Å²) in [6.45, 7) is 5.03. The van der Waals surface area contributed by atoms with Crippen LogP contribution < -0.4 is 5.32 Å². The number of benzene rings is 1. The third-order valence-corrected chi connectivity index (χ3v) is 4.50. The van der Waals surface area contributed by atoms with Crippen molar-refractivity contribution in [2.75, 3.05) is 20.1 Å². The molecule has 1 fully saturated rings. The Morgan fingerprint density at radius 2 is 2.26 bits per heavy atom. The summed E-state index contributed by atoms with van der Waals surface area (Å²) in [6.07, 6.45) is 2.24. The molecule has 3 heteroatoms. The first-order chi connectivity index (χ1) is 9.16. The van der Waals surface area contributed by atoms with Gasteiger partial charge in [-0.15, -0.1) is 0 Å². The van der Waals surface area contributed by atoms with E-state index in [4.69, 9.17) is 0 Å². The first-order valence-electron chi connectivity index (χ1n) is 7.23. The van der Waals surface area contributed by atoms with Crippen LogP contribution in [0, 0.1) is 11.8 Å². The van der Waals surface area contributed by atoms with Crippen LogP contribution in [0.25, 0.3) is 0 Å². The van der Waals surface area contributed by atoms with Gasteiger partial charge in [0.1, 0.15) is 0 Å². The SMILES string of the molecule is CC1CC1CN(C)C(=O)c1cccc2c1CCNC2. The van der Waals surface area contributed by atoms with E-state index in [1.54, 1.807) is 0 Å². The molecule has 19 heavy (non-hydrogen) atoms. The lowest BCUT2D eigenvalue weighted by Gasteiger charge is -2.23. The molecule has 1 saturated carbocycles. The lowest BCUT2D eigenvalue weighted by molar-refractivity contribution is 0.0785. The summed E-state index contributed by atoms with van der Waals surface area (Å²) in [6, 6.07) is 6.12. The zero-order valence-electron chi connectivity index (χ0n) is 11.8.